The molecule has 0 aliphatic carbocycles. The molecule has 1 heterocycles. The molecule has 0 spiro atoms. The summed E-state index contributed by atoms with van der Waals surface area (Å²) in [5, 5.41) is 16.2. The van der Waals surface area contributed by atoms with Gasteiger partial charge in [-0.05, 0) is 25.1 Å². The Labute approximate surface area is 108 Å². The first-order valence-electron chi connectivity index (χ1n) is 5.48. The topological polar surface area (TPSA) is 77.2 Å². The smallest absolute Gasteiger partial charge is 0.358 e. The molecule has 0 radical (unpaired) electrons. The number of carboxylic acid groups (broad SMARTS) is 1. The van der Waals surface area contributed by atoms with Gasteiger partial charge in [0.25, 0.3) is 0 Å². The van der Waals surface area contributed by atoms with Crippen LogP contribution in [-0.2, 0) is 6.54 Å². The van der Waals surface area contributed by atoms with Crippen LogP contribution in [0.2, 0.25) is 0 Å². The van der Waals surface area contributed by atoms with Crippen LogP contribution in [0.5, 0.6) is 5.75 Å². The molecule has 7 heteroatoms. The number of rotatable bonds is 4. The van der Waals surface area contributed by atoms with Crippen molar-refractivity contribution < 1.29 is 19.0 Å². The summed E-state index contributed by atoms with van der Waals surface area (Å²) in [6, 6.07) is 4.12. The summed E-state index contributed by atoms with van der Waals surface area (Å²) < 4.78 is 19.7. The highest BCUT2D eigenvalue weighted by Gasteiger charge is 2.16. The molecule has 0 unspecified atom stereocenters. The lowest BCUT2D eigenvalue weighted by atomic mass is 10.2. The maximum absolute atomic E-state index is 13.2. The fourth-order valence-electron chi connectivity index (χ4n) is 1.74. The van der Waals surface area contributed by atoms with E-state index in [-0.39, 0.29) is 12.2 Å². The van der Waals surface area contributed by atoms with E-state index in [1.807, 2.05) is 0 Å². The van der Waals surface area contributed by atoms with Crippen LogP contribution >= 0.6 is 0 Å². The van der Waals surface area contributed by atoms with E-state index < -0.39 is 11.8 Å². The van der Waals surface area contributed by atoms with E-state index in [0.29, 0.717) is 17.0 Å². The van der Waals surface area contributed by atoms with E-state index in [1.165, 1.54) is 30.0 Å². The van der Waals surface area contributed by atoms with Crippen molar-refractivity contribution >= 4 is 5.97 Å². The van der Waals surface area contributed by atoms with Crippen LogP contribution in [-0.4, -0.2) is 33.2 Å². The zero-order valence-corrected chi connectivity index (χ0v) is 10.4. The van der Waals surface area contributed by atoms with Crippen molar-refractivity contribution in [3.63, 3.8) is 0 Å². The number of aromatic carboxylic acids is 1. The second-order valence-corrected chi connectivity index (χ2v) is 3.94. The van der Waals surface area contributed by atoms with E-state index in [1.54, 1.807) is 6.92 Å². The Hall–Kier alpha value is -2.44. The van der Waals surface area contributed by atoms with Crippen molar-refractivity contribution in [3.8, 4) is 5.75 Å². The van der Waals surface area contributed by atoms with Crippen LogP contribution in [0.15, 0.2) is 18.2 Å². The van der Waals surface area contributed by atoms with Gasteiger partial charge in [-0.3, -0.25) is 0 Å². The molecular formula is C12H12FN3O3. The predicted molar refractivity (Wildman–Crippen MR) is 63.8 cm³/mol. The van der Waals surface area contributed by atoms with Crippen molar-refractivity contribution in [3.05, 3.63) is 41.0 Å². The van der Waals surface area contributed by atoms with Gasteiger partial charge in [0.15, 0.2) is 5.69 Å². The maximum atomic E-state index is 13.2. The number of carboxylic acids is 1. The molecule has 0 saturated carbocycles. The summed E-state index contributed by atoms with van der Waals surface area (Å²) in [5.41, 5.74) is 0.849. The molecule has 0 fully saturated rings. The summed E-state index contributed by atoms with van der Waals surface area (Å²) in [6.45, 7) is 1.78. The van der Waals surface area contributed by atoms with Crippen molar-refractivity contribution in [1.29, 1.82) is 0 Å². The van der Waals surface area contributed by atoms with E-state index in [4.69, 9.17) is 9.84 Å². The third kappa shape index (κ3) is 2.54. The lowest BCUT2D eigenvalue weighted by molar-refractivity contribution is 0.0689. The second kappa shape index (κ2) is 5.05. The minimum absolute atomic E-state index is 0.115. The largest absolute Gasteiger partial charge is 0.496 e. The van der Waals surface area contributed by atoms with E-state index in [9.17, 15) is 9.18 Å². The summed E-state index contributed by atoms with van der Waals surface area (Å²) in [5.74, 6) is -1.03. The quantitative estimate of drug-likeness (QED) is 0.906. The van der Waals surface area contributed by atoms with Gasteiger partial charge in [-0.1, -0.05) is 5.21 Å². The standard InChI is InChI=1S/C12H12FN3O3/c1-7-11(12(17)18)14-15-16(7)6-8-5-9(13)3-4-10(8)19-2/h3-5H,6H2,1-2H3,(H,17,18). The van der Waals surface area contributed by atoms with E-state index in [2.05, 4.69) is 10.3 Å². The van der Waals surface area contributed by atoms with Crippen LogP contribution in [0, 0.1) is 12.7 Å². The zero-order valence-electron chi connectivity index (χ0n) is 10.4. The lowest BCUT2D eigenvalue weighted by Crippen LogP contribution is -2.07. The molecule has 0 saturated heterocycles. The first-order chi connectivity index (χ1) is 9.02. The number of hydrogen-bond acceptors (Lipinski definition) is 4. The van der Waals surface area contributed by atoms with Crippen LogP contribution in [0.4, 0.5) is 4.39 Å². The minimum atomic E-state index is -1.14. The average Bonchev–Trinajstić information content (AvgIpc) is 2.71. The fraction of sp³-hybridized carbons (Fsp3) is 0.250. The molecule has 2 rings (SSSR count). The highest BCUT2D eigenvalue weighted by molar-refractivity contribution is 5.86. The number of hydrogen-bond donors (Lipinski definition) is 1. The monoisotopic (exact) mass is 265 g/mol. The molecule has 0 atom stereocenters. The molecule has 100 valence electrons. The van der Waals surface area contributed by atoms with Gasteiger partial charge in [0.2, 0.25) is 0 Å². The Morgan fingerprint density at radius 1 is 1.53 bits per heavy atom. The van der Waals surface area contributed by atoms with Crippen LogP contribution < -0.4 is 4.74 Å². The van der Waals surface area contributed by atoms with E-state index in [0.717, 1.165) is 0 Å². The van der Waals surface area contributed by atoms with E-state index >= 15 is 0 Å². The molecule has 6 nitrogen and oxygen atoms in total. The third-order valence-corrected chi connectivity index (χ3v) is 2.75. The zero-order chi connectivity index (χ0) is 14.0. The molecule has 0 amide bonds. The van der Waals surface area contributed by atoms with Gasteiger partial charge >= 0.3 is 5.97 Å². The van der Waals surface area contributed by atoms with Crippen LogP contribution in [0.1, 0.15) is 21.7 Å². The number of nitrogens with zero attached hydrogens (tertiary/aromatic N) is 3. The average molecular weight is 265 g/mol. The Bertz CT molecular complexity index is 625. The van der Waals surface area contributed by atoms with Gasteiger partial charge in [0, 0.05) is 5.56 Å². The first-order valence-corrected chi connectivity index (χ1v) is 5.48. The van der Waals surface area contributed by atoms with Gasteiger partial charge in [-0.15, -0.1) is 5.10 Å². The highest BCUT2D eigenvalue weighted by Crippen LogP contribution is 2.20. The number of benzene rings is 1. The Balaban J connectivity index is 2.36. The molecule has 0 aliphatic rings. The van der Waals surface area contributed by atoms with Gasteiger partial charge in [-0.25, -0.2) is 13.9 Å². The summed E-state index contributed by atoms with van der Waals surface area (Å²) >= 11 is 0. The SMILES string of the molecule is COc1ccc(F)cc1Cn1nnc(C(=O)O)c1C. The summed E-state index contributed by atoms with van der Waals surface area (Å²) in [4.78, 5) is 10.9. The summed E-state index contributed by atoms with van der Waals surface area (Å²) in [7, 11) is 1.48. The molecule has 19 heavy (non-hydrogen) atoms. The van der Waals surface area contributed by atoms with Crippen molar-refractivity contribution in [2.24, 2.45) is 0 Å². The van der Waals surface area contributed by atoms with Gasteiger partial charge in [0.05, 0.1) is 19.3 Å². The Kier molecular flexibility index (Phi) is 3.46. The minimum Gasteiger partial charge on any atom is -0.496 e. The molecule has 2 aromatic rings. The maximum Gasteiger partial charge on any atom is 0.358 e. The molecule has 0 bridgehead atoms. The van der Waals surface area contributed by atoms with Gasteiger partial charge < -0.3 is 9.84 Å². The Morgan fingerprint density at radius 3 is 2.84 bits per heavy atom. The molecule has 1 aromatic heterocycles. The van der Waals surface area contributed by atoms with Gasteiger partial charge in [0.1, 0.15) is 11.6 Å². The number of carbonyl (C=O) groups is 1. The number of ether oxygens (including phenoxy) is 1. The second-order valence-electron chi connectivity index (χ2n) is 3.94. The molecular weight excluding hydrogens is 253 g/mol. The van der Waals surface area contributed by atoms with Crippen LogP contribution in [0.25, 0.3) is 0 Å². The molecule has 1 N–H and O–H groups in total. The van der Waals surface area contributed by atoms with Crippen molar-refractivity contribution in [1.82, 2.24) is 15.0 Å². The number of methoxy groups -OCH3 is 1. The lowest BCUT2D eigenvalue weighted by Gasteiger charge is -2.09. The van der Waals surface area contributed by atoms with Crippen molar-refractivity contribution in [2.75, 3.05) is 7.11 Å². The highest BCUT2D eigenvalue weighted by atomic mass is 19.1. The molecule has 1 aromatic carbocycles. The Morgan fingerprint density at radius 2 is 2.26 bits per heavy atom. The molecule has 0 aliphatic heterocycles. The normalized spacial score (nSPS) is 10.5. The third-order valence-electron chi connectivity index (χ3n) is 2.75. The van der Waals surface area contributed by atoms with Gasteiger partial charge in [-0.2, -0.15) is 0 Å². The number of aromatic nitrogens is 3. The first kappa shape index (κ1) is 13.0. The van der Waals surface area contributed by atoms with Crippen molar-refractivity contribution in [2.45, 2.75) is 13.5 Å². The number of halogens is 1. The fourth-order valence-corrected chi connectivity index (χ4v) is 1.74. The predicted octanol–water partition coefficient (Wildman–Crippen LogP) is 1.48. The summed E-state index contributed by atoms with van der Waals surface area (Å²) in [6.07, 6.45) is 0. The van der Waals surface area contributed by atoms with Crippen LogP contribution in [0.3, 0.4) is 0 Å².